The smallest absolute Gasteiger partial charge is 0.255 e. The van der Waals surface area contributed by atoms with Crippen LogP contribution in [0.15, 0.2) is 24.3 Å². The highest BCUT2D eigenvalue weighted by Gasteiger charge is 2.24. The van der Waals surface area contributed by atoms with Crippen molar-refractivity contribution in [3.05, 3.63) is 30.1 Å². The second-order valence-electron chi connectivity index (χ2n) is 6.15. The fraction of sp³-hybridized carbons (Fsp3) is 0.556. The lowest BCUT2D eigenvalue weighted by Crippen LogP contribution is -2.42. The molecule has 1 heterocycles. The molecule has 2 amide bonds. The Kier molecular flexibility index (Phi) is 7.33. The van der Waals surface area contributed by atoms with Gasteiger partial charge in [-0.25, -0.2) is 4.39 Å². The molecule has 1 aliphatic heterocycles. The van der Waals surface area contributed by atoms with Gasteiger partial charge in [0.05, 0.1) is 12.7 Å². The van der Waals surface area contributed by atoms with Crippen molar-refractivity contribution in [3.8, 4) is 0 Å². The zero-order valence-electron chi connectivity index (χ0n) is 14.4. The zero-order valence-corrected chi connectivity index (χ0v) is 14.4. The summed E-state index contributed by atoms with van der Waals surface area (Å²) in [7, 11) is 0. The van der Waals surface area contributed by atoms with Crippen molar-refractivity contribution < 1.29 is 23.5 Å². The van der Waals surface area contributed by atoms with Crippen molar-refractivity contribution >= 4 is 17.5 Å². The van der Waals surface area contributed by atoms with Gasteiger partial charge in [-0.05, 0) is 50.5 Å². The third-order valence-electron chi connectivity index (χ3n) is 4.14. The maximum absolute atomic E-state index is 13.1. The highest BCUT2D eigenvalue weighted by Crippen LogP contribution is 2.18. The number of benzene rings is 1. The average molecular weight is 352 g/mol. The Morgan fingerprint density at radius 2 is 2.08 bits per heavy atom. The monoisotopic (exact) mass is 352 g/mol. The van der Waals surface area contributed by atoms with Gasteiger partial charge in [-0.1, -0.05) is 0 Å². The number of nitrogens with two attached hydrogens (primary N) is 1. The summed E-state index contributed by atoms with van der Waals surface area (Å²) in [5.41, 5.74) is 5.69. The van der Waals surface area contributed by atoms with Crippen LogP contribution in [0.2, 0.25) is 0 Å². The summed E-state index contributed by atoms with van der Waals surface area (Å²) in [4.78, 5) is 25.2. The number of amides is 2. The van der Waals surface area contributed by atoms with Gasteiger partial charge in [-0.3, -0.25) is 9.59 Å². The van der Waals surface area contributed by atoms with E-state index in [-0.39, 0.29) is 25.0 Å². The predicted molar refractivity (Wildman–Crippen MR) is 91.6 cm³/mol. The van der Waals surface area contributed by atoms with Gasteiger partial charge >= 0.3 is 0 Å². The molecule has 2 unspecified atom stereocenters. The summed E-state index contributed by atoms with van der Waals surface area (Å²) in [6.07, 6.45) is 2.39. The molecule has 0 saturated carbocycles. The minimum atomic E-state index is -0.705. The van der Waals surface area contributed by atoms with Crippen LogP contribution in [0, 0.1) is 5.82 Å². The molecule has 0 bridgehead atoms. The van der Waals surface area contributed by atoms with Crippen LogP contribution < -0.4 is 10.6 Å². The summed E-state index contributed by atoms with van der Waals surface area (Å²) in [6.45, 7) is 2.84. The van der Waals surface area contributed by atoms with Crippen molar-refractivity contribution in [2.75, 3.05) is 24.7 Å². The fourth-order valence-electron chi connectivity index (χ4n) is 2.69. The van der Waals surface area contributed by atoms with Gasteiger partial charge in [-0.2, -0.15) is 0 Å². The molecule has 0 spiro atoms. The van der Waals surface area contributed by atoms with Crippen molar-refractivity contribution in [1.29, 1.82) is 0 Å². The zero-order chi connectivity index (χ0) is 18.2. The van der Waals surface area contributed by atoms with Gasteiger partial charge in [0.2, 0.25) is 5.91 Å². The topological polar surface area (TPSA) is 81.9 Å². The minimum Gasteiger partial charge on any atom is -0.376 e. The molecular formula is C18H25FN2O4. The van der Waals surface area contributed by atoms with E-state index < -0.39 is 17.8 Å². The molecule has 138 valence electrons. The van der Waals surface area contributed by atoms with Crippen LogP contribution in [0.3, 0.4) is 0 Å². The van der Waals surface area contributed by atoms with E-state index in [1.165, 1.54) is 29.2 Å². The maximum atomic E-state index is 13.1. The highest BCUT2D eigenvalue weighted by molar-refractivity contribution is 5.96. The second kappa shape index (κ2) is 9.48. The van der Waals surface area contributed by atoms with Crippen LogP contribution in [0.25, 0.3) is 0 Å². The van der Waals surface area contributed by atoms with Crippen molar-refractivity contribution in [3.63, 3.8) is 0 Å². The van der Waals surface area contributed by atoms with Gasteiger partial charge in [0.15, 0.2) is 0 Å². The number of halogens is 1. The van der Waals surface area contributed by atoms with Crippen molar-refractivity contribution in [2.45, 2.75) is 44.8 Å². The van der Waals surface area contributed by atoms with Crippen LogP contribution in [-0.2, 0) is 19.1 Å². The Labute approximate surface area is 147 Å². The SMILES string of the molecule is CC(OCC1CCCCO1)C(=O)N(CCC(N)=O)c1ccc(F)cc1. The number of nitrogens with zero attached hydrogens (tertiary/aromatic N) is 1. The van der Waals surface area contributed by atoms with Crippen LogP contribution in [0.5, 0.6) is 0 Å². The number of hydrogen-bond acceptors (Lipinski definition) is 4. The van der Waals surface area contributed by atoms with Gasteiger partial charge in [0.1, 0.15) is 11.9 Å². The molecule has 1 saturated heterocycles. The highest BCUT2D eigenvalue weighted by atomic mass is 19.1. The first-order valence-corrected chi connectivity index (χ1v) is 8.56. The van der Waals surface area contributed by atoms with E-state index in [0.29, 0.717) is 12.3 Å². The molecule has 0 radical (unpaired) electrons. The normalized spacial score (nSPS) is 18.6. The van der Waals surface area contributed by atoms with Crippen LogP contribution in [0.1, 0.15) is 32.6 Å². The molecule has 2 rings (SSSR count). The molecule has 0 aromatic heterocycles. The number of ether oxygens (including phenoxy) is 2. The number of anilines is 1. The molecule has 7 heteroatoms. The minimum absolute atomic E-state index is 0.00823. The largest absolute Gasteiger partial charge is 0.376 e. The lowest BCUT2D eigenvalue weighted by molar-refractivity contribution is -0.132. The lowest BCUT2D eigenvalue weighted by Gasteiger charge is -2.28. The number of carbonyl (C=O) groups excluding carboxylic acids is 2. The second-order valence-corrected chi connectivity index (χ2v) is 6.15. The van der Waals surface area contributed by atoms with Crippen molar-refractivity contribution in [1.82, 2.24) is 0 Å². The number of rotatable bonds is 8. The summed E-state index contributed by atoms with van der Waals surface area (Å²) < 4.78 is 24.4. The Morgan fingerprint density at radius 3 is 2.68 bits per heavy atom. The maximum Gasteiger partial charge on any atom is 0.255 e. The van der Waals surface area contributed by atoms with E-state index in [1.54, 1.807) is 6.92 Å². The van der Waals surface area contributed by atoms with Gasteiger partial charge in [0, 0.05) is 25.3 Å². The standard InChI is InChI=1S/C18H25FN2O4/c1-13(25-12-16-4-2-3-11-24-16)18(23)21(10-9-17(20)22)15-7-5-14(19)6-8-15/h5-8,13,16H,2-4,9-12H2,1H3,(H2,20,22). The molecule has 0 aliphatic carbocycles. The molecule has 2 atom stereocenters. The molecule has 1 aromatic rings. The Morgan fingerprint density at radius 1 is 1.36 bits per heavy atom. The van der Waals surface area contributed by atoms with E-state index in [1.807, 2.05) is 0 Å². The third-order valence-corrected chi connectivity index (χ3v) is 4.14. The molecule has 25 heavy (non-hydrogen) atoms. The van der Waals surface area contributed by atoms with Crippen LogP contribution >= 0.6 is 0 Å². The first kappa shape index (κ1) is 19.3. The Bertz CT molecular complexity index is 573. The van der Waals surface area contributed by atoms with Gasteiger partial charge in [-0.15, -0.1) is 0 Å². The van der Waals surface area contributed by atoms with E-state index in [0.717, 1.165) is 25.9 Å². The van der Waals surface area contributed by atoms with Gasteiger partial charge in [0.25, 0.3) is 5.91 Å². The van der Waals surface area contributed by atoms with Crippen molar-refractivity contribution in [2.24, 2.45) is 5.73 Å². The number of hydrogen-bond donors (Lipinski definition) is 1. The molecule has 6 nitrogen and oxygen atoms in total. The van der Waals surface area contributed by atoms with Crippen LogP contribution in [-0.4, -0.2) is 43.8 Å². The van der Waals surface area contributed by atoms with E-state index in [9.17, 15) is 14.0 Å². The van der Waals surface area contributed by atoms with E-state index >= 15 is 0 Å². The van der Waals surface area contributed by atoms with Crippen LogP contribution in [0.4, 0.5) is 10.1 Å². The summed E-state index contributed by atoms with van der Waals surface area (Å²) in [6, 6.07) is 5.51. The third kappa shape index (κ3) is 6.10. The summed E-state index contributed by atoms with van der Waals surface area (Å²) >= 11 is 0. The van der Waals surface area contributed by atoms with Gasteiger partial charge < -0.3 is 20.1 Å². The summed E-state index contributed by atoms with van der Waals surface area (Å²) in [5, 5.41) is 0. The Balaban J connectivity index is 1.99. The number of primary amides is 1. The fourth-order valence-corrected chi connectivity index (χ4v) is 2.69. The molecular weight excluding hydrogens is 327 g/mol. The molecule has 1 aromatic carbocycles. The lowest BCUT2D eigenvalue weighted by atomic mass is 10.1. The predicted octanol–water partition coefficient (Wildman–Crippen LogP) is 2.01. The van der Waals surface area contributed by atoms with E-state index in [4.69, 9.17) is 15.2 Å². The molecule has 1 aliphatic rings. The summed E-state index contributed by atoms with van der Waals surface area (Å²) in [5.74, 6) is -1.21. The van der Waals surface area contributed by atoms with E-state index in [2.05, 4.69) is 0 Å². The number of carbonyl (C=O) groups is 2. The first-order valence-electron chi connectivity index (χ1n) is 8.56. The Hall–Kier alpha value is -1.99. The molecule has 1 fully saturated rings. The average Bonchev–Trinajstić information content (AvgIpc) is 2.61. The molecule has 2 N–H and O–H groups in total. The quantitative estimate of drug-likeness (QED) is 0.776. The first-order chi connectivity index (χ1) is 12.0.